The maximum Gasteiger partial charge on any atom is 0.335 e. The van der Waals surface area contributed by atoms with Crippen molar-refractivity contribution in [3.63, 3.8) is 0 Å². The third-order valence-corrected chi connectivity index (χ3v) is 2.14. The van der Waals surface area contributed by atoms with E-state index >= 15 is 0 Å². The lowest BCUT2D eigenvalue weighted by Crippen LogP contribution is -2.56. The van der Waals surface area contributed by atoms with Gasteiger partial charge in [-0.3, -0.25) is 0 Å². The quantitative estimate of drug-likeness (QED) is 0.401. The predicted octanol–water partition coefficient (Wildman–Crippen LogP) is -0.415. The third kappa shape index (κ3) is 2.88. The minimum absolute atomic E-state index is 0.0759. The molecule has 1 unspecified atom stereocenters. The van der Waals surface area contributed by atoms with Gasteiger partial charge < -0.3 is 21.0 Å². The number of hydrogen-bond donors (Lipinski definition) is 2. The number of rotatable bonds is 5. The Kier molecular flexibility index (Phi) is 4.16. The summed E-state index contributed by atoms with van der Waals surface area (Å²) in [5, 5.41) is 0. The molecule has 0 aliphatic carbocycles. The molecular formula is C11H14N2O3. The van der Waals surface area contributed by atoms with Crippen LogP contribution in [-0.4, -0.2) is 24.3 Å². The number of nitrogens with two attached hydrogens (primary N) is 2. The summed E-state index contributed by atoms with van der Waals surface area (Å²) in [6.45, 7) is -0.198. The molecule has 1 aromatic rings. The molecule has 16 heavy (non-hydrogen) atoms. The van der Waals surface area contributed by atoms with Crippen molar-refractivity contribution in [2.45, 2.75) is 12.1 Å². The lowest BCUT2D eigenvalue weighted by Gasteiger charge is -2.18. The van der Waals surface area contributed by atoms with Crippen molar-refractivity contribution in [2.24, 2.45) is 11.5 Å². The summed E-state index contributed by atoms with van der Waals surface area (Å²) in [5.74, 6) is -0.811. The highest BCUT2D eigenvalue weighted by Gasteiger charge is 2.33. The van der Waals surface area contributed by atoms with E-state index < -0.39 is 11.5 Å². The van der Waals surface area contributed by atoms with Crippen LogP contribution in [0.3, 0.4) is 0 Å². The molecule has 5 nitrogen and oxygen atoms in total. The second kappa shape index (κ2) is 5.39. The number of carbonyl (C=O) groups excluding carboxylic acids is 2. The molecule has 5 heteroatoms. The molecular weight excluding hydrogens is 208 g/mol. The van der Waals surface area contributed by atoms with Crippen molar-refractivity contribution in [3.05, 3.63) is 35.9 Å². The fourth-order valence-electron chi connectivity index (χ4n) is 1.04. The molecule has 0 radical (unpaired) electrons. The van der Waals surface area contributed by atoms with Crippen molar-refractivity contribution in [1.29, 1.82) is 0 Å². The number of ether oxygens (including phenoxy) is 1. The van der Waals surface area contributed by atoms with Gasteiger partial charge in [0.25, 0.3) is 0 Å². The Hall–Kier alpha value is -1.72. The maximum atomic E-state index is 11.4. The smallest absolute Gasteiger partial charge is 0.335 e. The first-order valence-corrected chi connectivity index (χ1v) is 4.79. The average Bonchev–Trinajstić information content (AvgIpc) is 2.36. The minimum Gasteiger partial charge on any atom is -0.459 e. The Labute approximate surface area is 93.4 Å². The van der Waals surface area contributed by atoms with Crippen LogP contribution in [0.2, 0.25) is 0 Å². The first kappa shape index (κ1) is 12.4. The van der Waals surface area contributed by atoms with E-state index in [2.05, 4.69) is 0 Å². The summed E-state index contributed by atoms with van der Waals surface area (Å²) < 4.78 is 4.90. The summed E-state index contributed by atoms with van der Waals surface area (Å²) in [6, 6.07) is 9.09. The van der Waals surface area contributed by atoms with Crippen LogP contribution in [0, 0.1) is 0 Å². The van der Waals surface area contributed by atoms with Crippen LogP contribution >= 0.6 is 0 Å². The average molecular weight is 222 g/mol. The fourth-order valence-corrected chi connectivity index (χ4v) is 1.04. The van der Waals surface area contributed by atoms with Crippen LogP contribution in [0.4, 0.5) is 0 Å². The Balaban J connectivity index is 2.56. The second-order valence-corrected chi connectivity index (χ2v) is 3.42. The Bertz CT molecular complexity index is 367. The van der Waals surface area contributed by atoms with Crippen LogP contribution in [0.15, 0.2) is 30.3 Å². The lowest BCUT2D eigenvalue weighted by molar-refractivity contribution is -0.152. The van der Waals surface area contributed by atoms with Gasteiger partial charge in [0, 0.05) is 6.54 Å². The highest BCUT2D eigenvalue weighted by Crippen LogP contribution is 2.04. The van der Waals surface area contributed by atoms with Gasteiger partial charge in [-0.2, -0.15) is 0 Å². The van der Waals surface area contributed by atoms with Crippen LogP contribution in [0.25, 0.3) is 0 Å². The third-order valence-electron chi connectivity index (χ3n) is 2.14. The zero-order valence-electron chi connectivity index (χ0n) is 8.76. The van der Waals surface area contributed by atoms with Crippen LogP contribution in [0.5, 0.6) is 0 Å². The van der Waals surface area contributed by atoms with Gasteiger partial charge in [-0.15, -0.1) is 0 Å². The van der Waals surface area contributed by atoms with Crippen molar-refractivity contribution < 1.29 is 14.3 Å². The van der Waals surface area contributed by atoms with Crippen molar-refractivity contribution in [2.75, 3.05) is 6.54 Å². The van der Waals surface area contributed by atoms with Gasteiger partial charge in [0.15, 0.2) is 11.8 Å². The van der Waals surface area contributed by atoms with E-state index in [1.807, 2.05) is 18.2 Å². The van der Waals surface area contributed by atoms with Gasteiger partial charge in [-0.05, 0) is 5.56 Å². The van der Waals surface area contributed by atoms with Gasteiger partial charge in [0.1, 0.15) is 6.61 Å². The zero-order valence-corrected chi connectivity index (χ0v) is 8.76. The van der Waals surface area contributed by atoms with E-state index in [1.54, 1.807) is 12.1 Å². The Morgan fingerprint density at radius 2 is 2.00 bits per heavy atom. The first-order chi connectivity index (χ1) is 7.62. The van der Waals surface area contributed by atoms with Crippen molar-refractivity contribution in [3.8, 4) is 0 Å². The molecule has 0 heterocycles. The van der Waals surface area contributed by atoms with E-state index in [4.69, 9.17) is 16.2 Å². The SMILES string of the molecule is NCC(N)(C=O)C(=O)OCc1ccccc1. The molecule has 4 N–H and O–H groups in total. The maximum absolute atomic E-state index is 11.4. The summed E-state index contributed by atoms with van der Waals surface area (Å²) in [7, 11) is 0. The molecule has 1 aromatic carbocycles. The van der Waals surface area contributed by atoms with Gasteiger partial charge >= 0.3 is 5.97 Å². The van der Waals surface area contributed by atoms with Crippen molar-refractivity contribution >= 4 is 12.3 Å². The standard InChI is InChI=1S/C11H14N2O3/c12-7-11(13,8-14)10(15)16-6-9-4-2-1-3-5-9/h1-5,8H,6-7,12-13H2. The Morgan fingerprint density at radius 3 is 2.50 bits per heavy atom. The van der Waals surface area contributed by atoms with E-state index in [1.165, 1.54) is 0 Å². The largest absolute Gasteiger partial charge is 0.459 e. The predicted molar refractivity (Wildman–Crippen MR) is 58.3 cm³/mol. The van der Waals surface area contributed by atoms with Crippen LogP contribution in [0.1, 0.15) is 5.56 Å². The number of carbonyl (C=O) groups is 2. The van der Waals surface area contributed by atoms with E-state index in [-0.39, 0.29) is 13.2 Å². The summed E-state index contributed by atoms with van der Waals surface area (Å²) in [5.41, 5.74) is 9.75. The number of esters is 1. The second-order valence-electron chi connectivity index (χ2n) is 3.42. The van der Waals surface area contributed by atoms with Crippen LogP contribution in [-0.2, 0) is 20.9 Å². The zero-order chi connectivity index (χ0) is 12.0. The van der Waals surface area contributed by atoms with E-state index in [9.17, 15) is 9.59 Å². The monoisotopic (exact) mass is 222 g/mol. The lowest BCUT2D eigenvalue weighted by atomic mass is 10.0. The van der Waals surface area contributed by atoms with Crippen LogP contribution < -0.4 is 11.5 Å². The van der Waals surface area contributed by atoms with Gasteiger partial charge in [-0.1, -0.05) is 30.3 Å². The number of aldehydes is 1. The number of benzene rings is 1. The summed E-state index contributed by atoms with van der Waals surface area (Å²) in [6.07, 6.45) is 0.306. The number of hydrogen-bond acceptors (Lipinski definition) is 5. The highest BCUT2D eigenvalue weighted by atomic mass is 16.5. The molecule has 0 amide bonds. The van der Waals surface area contributed by atoms with E-state index in [0.29, 0.717) is 6.29 Å². The molecule has 0 bridgehead atoms. The van der Waals surface area contributed by atoms with Gasteiger partial charge in [-0.25, -0.2) is 4.79 Å². The first-order valence-electron chi connectivity index (χ1n) is 4.79. The molecule has 1 atom stereocenters. The molecule has 0 fully saturated rings. The molecule has 86 valence electrons. The molecule has 0 aliphatic rings. The fraction of sp³-hybridized carbons (Fsp3) is 0.273. The Morgan fingerprint density at radius 1 is 1.38 bits per heavy atom. The summed E-state index contributed by atoms with van der Waals surface area (Å²) >= 11 is 0. The molecule has 0 spiro atoms. The molecule has 0 saturated carbocycles. The van der Waals surface area contributed by atoms with E-state index in [0.717, 1.165) is 5.56 Å². The summed E-state index contributed by atoms with van der Waals surface area (Å²) in [4.78, 5) is 22.0. The van der Waals surface area contributed by atoms with Gasteiger partial charge in [0.2, 0.25) is 0 Å². The molecule has 0 saturated heterocycles. The molecule has 1 rings (SSSR count). The van der Waals surface area contributed by atoms with Crippen molar-refractivity contribution in [1.82, 2.24) is 0 Å². The minimum atomic E-state index is -1.74. The normalized spacial score (nSPS) is 13.9. The highest BCUT2D eigenvalue weighted by molar-refractivity contribution is 5.98. The molecule has 0 aliphatic heterocycles. The van der Waals surface area contributed by atoms with Gasteiger partial charge in [0.05, 0.1) is 0 Å². The topological polar surface area (TPSA) is 95.4 Å². The molecule has 0 aromatic heterocycles.